The van der Waals surface area contributed by atoms with Gasteiger partial charge in [0.1, 0.15) is 11.8 Å². The number of thiazole rings is 1. The van der Waals surface area contributed by atoms with E-state index in [0.717, 1.165) is 40.7 Å². The van der Waals surface area contributed by atoms with Crippen LogP contribution in [0.3, 0.4) is 0 Å². The number of ether oxygens (including phenoxy) is 1. The van der Waals surface area contributed by atoms with E-state index >= 15 is 0 Å². The smallest absolute Gasteiger partial charge is 0.180 e. The predicted octanol–water partition coefficient (Wildman–Crippen LogP) is 2.07. The van der Waals surface area contributed by atoms with Crippen LogP contribution in [-0.4, -0.2) is 33.6 Å². The van der Waals surface area contributed by atoms with Gasteiger partial charge in [0.25, 0.3) is 0 Å². The van der Waals surface area contributed by atoms with Gasteiger partial charge in [0.15, 0.2) is 5.13 Å². The number of nitrogens with two attached hydrogens (primary N) is 1. The van der Waals surface area contributed by atoms with Crippen LogP contribution in [0.25, 0.3) is 0 Å². The van der Waals surface area contributed by atoms with Gasteiger partial charge in [-0.15, -0.1) is 0 Å². The molecule has 0 amide bonds. The molecule has 0 saturated heterocycles. The Hall–Kier alpha value is -2.74. The highest BCUT2D eigenvalue weighted by Gasteiger charge is 2.33. The van der Waals surface area contributed by atoms with Gasteiger partial charge in [-0.2, -0.15) is 0 Å². The van der Waals surface area contributed by atoms with E-state index < -0.39 is 0 Å². The number of fused-ring (bicyclic) bond motifs is 1. The van der Waals surface area contributed by atoms with Crippen LogP contribution in [0.4, 0.5) is 10.8 Å². The van der Waals surface area contributed by atoms with Crippen molar-refractivity contribution < 1.29 is 4.74 Å². The molecule has 4 heterocycles. The highest BCUT2D eigenvalue weighted by molar-refractivity contribution is 7.15. The SMILES string of the molecule is COc1cncc(N2CCc3nc(N)sc3C2c2cnccn2)c1. The molecule has 1 unspecified atom stereocenters. The van der Waals surface area contributed by atoms with Gasteiger partial charge >= 0.3 is 0 Å². The number of nitrogens with zero attached hydrogens (tertiary/aromatic N) is 5. The molecule has 1 atom stereocenters. The summed E-state index contributed by atoms with van der Waals surface area (Å²) in [6, 6.07) is 1.90. The Labute approximate surface area is 143 Å². The average Bonchev–Trinajstić information content (AvgIpc) is 3.01. The Morgan fingerprint density at radius 1 is 1.25 bits per heavy atom. The number of pyridine rings is 1. The molecule has 7 nitrogen and oxygen atoms in total. The van der Waals surface area contributed by atoms with Crippen molar-refractivity contribution in [3.8, 4) is 5.75 Å². The number of hydrogen-bond acceptors (Lipinski definition) is 8. The van der Waals surface area contributed by atoms with Crippen molar-refractivity contribution in [2.45, 2.75) is 12.5 Å². The molecule has 0 saturated carbocycles. The zero-order valence-corrected chi connectivity index (χ0v) is 13.9. The third kappa shape index (κ3) is 2.54. The predicted molar refractivity (Wildman–Crippen MR) is 92.2 cm³/mol. The number of nitrogen functional groups attached to an aromatic ring is 1. The maximum absolute atomic E-state index is 5.95. The maximum atomic E-state index is 5.95. The van der Waals surface area contributed by atoms with E-state index in [1.165, 1.54) is 11.3 Å². The summed E-state index contributed by atoms with van der Waals surface area (Å²) in [7, 11) is 1.64. The maximum Gasteiger partial charge on any atom is 0.180 e. The van der Waals surface area contributed by atoms with Crippen molar-refractivity contribution in [1.29, 1.82) is 0 Å². The van der Waals surface area contributed by atoms with E-state index in [0.29, 0.717) is 5.13 Å². The van der Waals surface area contributed by atoms with Gasteiger partial charge in [-0.05, 0) is 0 Å². The molecule has 122 valence electrons. The molecule has 1 aliphatic rings. The van der Waals surface area contributed by atoms with Gasteiger partial charge in [-0.3, -0.25) is 15.0 Å². The second-order valence-corrected chi connectivity index (χ2v) is 6.48. The topological polar surface area (TPSA) is 90.0 Å². The van der Waals surface area contributed by atoms with Crippen LogP contribution in [0, 0.1) is 0 Å². The van der Waals surface area contributed by atoms with Crippen LogP contribution in [0.1, 0.15) is 22.3 Å². The molecule has 2 N–H and O–H groups in total. The molecule has 3 aromatic heterocycles. The Morgan fingerprint density at radius 2 is 2.17 bits per heavy atom. The Bertz CT molecular complexity index is 853. The molecular formula is C16H16N6OS. The van der Waals surface area contributed by atoms with E-state index in [1.54, 1.807) is 31.9 Å². The highest BCUT2D eigenvalue weighted by atomic mass is 32.1. The van der Waals surface area contributed by atoms with Crippen LogP contribution in [-0.2, 0) is 6.42 Å². The third-order valence-electron chi connectivity index (χ3n) is 4.02. The normalized spacial score (nSPS) is 16.7. The summed E-state index contributed by atoms with van der Waals surface area (Å²) in [5.41, 5.74) is 8.83. The monoisotopic (exact) mass is 340 g/mol. The van der Waals surface area contributed by atoms with Gasteiger partial charge in [0.2, 0.25) is 0 Å². The minimum atomic E-state index is -0.0776. The van der Waals surface area contributed by atoms with E-state index in [4.69, 9.17) is 10.5 Å². The van der Waals surface area contributed by atoms with Crippen LogP contribution < -0.4 is 15.4 Å². The second-order valence-electron chi connectivity index (χ2n) is 5.42. The first-order valence-electron chi connectivity index (χ1n) is 7.53. The molecule has 4 rings (SSSR count). The number of anilines is 2. The van der Waals surface area contributed by atoms with E-state index in [-0.39, 0.29) is 6.04 Å². The van der Waals surface area contributed by atoms with Crippen LogP contribution in [0.5, 0.6) is 5.75 Å². The van der Waals surface area contributed by atoms with Gasteiger partial charge in [0.05, 0.1) is 47.7 Å². The van der Waals surface area contributed by atoms with Crippen LogP contribution in [0.15, 0.2) is 37.1 Å². The van der Waals surface area contributed by atoms with Gasteiger partial charge in [-0.25, -0.2) is 4.98 Å². The van der Waals surface area contributed by atoms with Crippen molar-refractivity contribution in [3.63, 3.8) is 0 Å². The van der Waals surface area contributed by atoms with E-state index in [2.05, 4.69) is 24.8 Å². The molecule has 8 heteroatoms. The summed E-state index contributed by atoms with van der Waals surface area (Å²) < 4.78 is 5.31. The number of hydrogen-bond donors (Lipinski definition) is 1. The molecule has 24 heavy (non-hydrogen) atoms. The van der Waals surface area contributed by atoms with E-state index in [9.17, 15) is 0 Å². The fourth-order valence-electron chi connectivity index (χ4n) is 2.97. The van der Waals surface area contributed by atoms with Crippen LogP contribution >= 0.6 is 11.3 Å². The number of methoxy groups -OCH3 is 1. The van der Waals surface area contributed by atoms with Crippen molar-refractivity contribution >= 4 is 22.2 Å². The zero-order valence-electron chi connectivity index (χ0n) is 13.1. The van der Waals surface area contributed by atoms with Gasteiger partial charge in [0, 0.05) is 31.4 Å². The highest BCUT2D eigenvalue weighted by Crippen LogP contribution is 2.41. The quantitative estimate of drug-likeness (QED) is 0.780. The lowest BCUT2D eigenvalue weighted by Gasteiger charge is -2.36. The summed E-state index contributed by atoms with van der Waals surface area (Å²) in [6.07, 6.45) is 9.52. The third-order valence-corrected chi connectivity index (χ3v) is 5.00. The largest absolute Gasteiger partial charge is 0.495 e. The average molecular weight is 340 g/mol. The number of rotatable bonds is 3. The first-order chi connectivity index (χ1) is 11.8. The molecule has 0 aliphatic carbocycles. The Kier molecular flexibility index (Phi) is 3.73. The summed E-state index contributed by atoms with van der Waals surface area (Å²) in [6.45, 7) is 0.798. The van der Waals surface area contributed by atoms with E-state index in [1.807, 2.05) is 12.3 Å². The molecule has 0 fully saturated rings. The lowest BCUT2D eigenvalue weighted by Crippen LogP contribution is -2.36. The van der Waals surface area contributed by atoms with Gasteiger partial charge in [-0.1, -0.05) is 11.3 Å². The molecular weight excluding hydrogens is 324 g/mol. The Morgan fingerprint density at radius 3 is 2.96 bits per heavy atom. The molecule has 0 spiro atoms. The molecule has 0 bridgehead atoms. The van der Waals surface area contributed by atoms with Crippen molar-refractivity contribution in [3.05, 3.63) is 53.3 Å². The first kappa shape index (κ1) is 14.8. The minimum absolute atomic E-state index is 0.0776. The second kappa shape index (κ2) is 6.04. The summed E-state index contributed by atoms with van der Waals surface area (Å²) in [5.74, 6) is 0.722. The minimum Gasteiger partial charge on any atom is -0.495 e. The van der Waals surface area contributed by atoms with Crippen LogP contribution in [0.2, 0.25) is 0 Å². The molecule has 1 aliphatic heterocycles. The van der Waals surface area contributed by atoms with Crippen molar-refractivity contribution in [1.82, 2.24) is 19.9 Å². The summed E-state index contributed by atoms with van der Waals surface area (Å²) >= 11 is 1.51. The summed E-state index contributed by atoms with van der Waals surface area (Å²) in [4.78, 5) is 20.8. The fraction of sp³-hybridized carbons (Fsp3) is 0.250. The van der Waals surface area contributed by atoms with Crippen molar-refractivity contribution in [2.24, 2.45) is 0 Å². The van der Waals surface area contributed by atoms with Gasteiger partial charge < -0.3 is 15.4 Å². The summed E-state index contributed by atoms with van der Waals surface area (Å²) in [5, 5.41) is 0.583. The zero-order chi connectivity index (χ0) is 16.5. The molecule has 0 radical (unpaired) electrons. The first-order valence-corrected chi connectivity index (χ1v) is 8.34. The molecule has 3 aromatic rings. The Balaban J connectivity index is 1.83. The molecule has 0 aromatic carbocycles. The van der Waals surface area contributed by atoms with Crippen molar-refractivity contribution in [2.75, 3.05) is 24.3 Å². The lowest BCUT2D eigenvalue weighted by atomic mass is 10.0. The number of aromatic nitrogens is 4. The standard InChI is InChI=1S/C16H16N6OS/c1-23-11-6-10(7-19-8-11)22-5-2-12-15(24-16(17)21-12)14(22)13-9-18-3-4-20-13/h3-4,6-9,14H,2,5H2,1H3,(H2,17,21). The lowest BCUT2D eigenvalue weighted by molar-refractivity contribution is 0.412. The fourth-order valence-corrected chi connectivity index (χ4v) is 3.98.